The van der Waals surface area contributed by atoms with E-state index < -0.39 is 0 Å². The zero-order valence-electron chi connectivity index (χ0n) is 11.2. The van der Waals surface area contributed by atoms with Crippen molar-refractivity contribution in [2.75, 3.05) is 51.8 Å². The summed E-state index contributed by atoms with van der Waals surface area (Å²) in [6.07, 6.45) is 1.18. The summed E-state index contributed by atoms with van der Waals surface area (Å²) in [5, 5.41) is 3.31. The second-order valence-corrected chi connectivity index (χ2v) is 5.93. The maximum Gasteiger partial charge on any atom is 0.240 e. The first-order valence-electron chi connectivity index (χ1n) is 6.40. The van der Waals surface area contributed by atoms with Crippen molar-refractivity contribution >= 4 is 17.7 Å². The Bertz CT molecular complexity index is 236. The average molecular weight is 259 g/mol. The van der Waals surface area contributed by atoms with Crippen LogP contribution in [-0.4, -0.2) is 73.5 Å². The minimum atomic E-state index is 0.0328. The highest BCUT2D eigenvalue weighted by atomic mass is 32.2. The van der Waals surface area contributed by atoms with Crippen LogP contribution in [0.3, 0.4) is 0 Å². The molecule has 1 atom stereocenters. The summed E-state index contributed by atoms with van der Waals surface area (Å²) >= 11 is 1.97. The first kappa shape index (κ1) is 14.8. The van der Waals surface area contributed by atoms with Gasteiger partial charge in [0.25, 0.3) is 0 Å². The lowest BCUT2D eigenvalue weighted by Crippen LogP contribution is -2.57. The maximum atomic E-state index is 12.0. The third-order valence-corrected chi connectivity index (χ3v) is 4.00. The van der Waals surface area contributed by atoms with Gasteiger partial charge in [0.05, 0.1) is 0 Å². The number of likely N-dealkylation sites (N-methyl/N-ethyl adjacent to an activating group) is 1. The first-order chi connectivity index (χ1) is 8.16. The molecule has 0 spiro atoms. The van der Waals surface area contributed by atoms with E-state index >= 15 is 0 Å². The van der Waals surface area contributed by atoms with Gasteiger partial charge >= 0.3 is 0 Å². The predicted octanol–water partition coefficient (Wildman–Crippen LogP) is 0.492. The number of rotatable bonds is 6. The third kappa shape index (κ3) is 4.85. The van der Waals surface area contributed by atoms with E-state index in [2.05, 4.69) is 17.1 Å². The van der Waals surface area contributed by atoms with E-state index in [1.165, 1.54) is 17.9 Å². The van der Waals surface area contributed by atoms with Gasteiger partial charge in [0.1, 0.15) is 6.04 Å². The van der Waals surface area contributed by atoms with Gasteiger partial charge in [-0.05, 0) is 24.5 Å². The molecule has 1 saturated heterocycles. The second kappa shape index (κ2) is 7.95. The minimum absolute atomic E-state index is 0.0328. The summed E-state index contributed by atoms with van der Waals surface area (Å²) in [6, 6.07) is 0.0328. The number of thioether (sulfide) groups is 1. The summed E-state index contributed by atoms with van der Waals surface area (Å²) in [4.78, 5) is 16.1. The minimum Gasteiger partial charge on any atom is -0.347 e. The Balaban J connectivity index is 2.40. The Morgan fingerprint density at radius 3 is 2.94 bits per heavy atom. The highest BCUT2D eigenvalue weighted by Gasteiger charge is 2.28. The van der Waals surface area contributed by atoms with Crippen LogP contribution in [0.25, 0.3) is 0 Å². The number of carbonyl (C=O) groups is 1. The molecule has 1 aliphatic rings. The first-order valence-corrected chi connectivity index (χ1v) is 7.56. The predicted molar refractivity (Wildman–Crippen MR) is 74.5 cm³/mol. The maximum absolute atomic E-state index is 12.0. The van der Waals surface area contributed by atoms with Gasteiger partial charge in [0.15, 0.2) is 0 Å². The smallest absolute Gasteiger partial charge is 0.240 e. The van der Waals surface area contributed by atoms with Crippen LogP contribution in [0.5, 0.6) is 0 Å². The van der Waals surface area contributed by atoms with Gasteiger partial charge in [0.2, 0.25) is 5.91 Å². The molecule has 17 heavy (non-hydrogen) atoms. The molecule has 5 heteroatoms. The zero-order chi connectivity index (χ0) is 12.7. The van der Waals surface area contributed by atoms with E-state index in [0.717, 1.165) is 26.2 Å². The summed E-state index contributed by atoms with van der Waals surface area (Å²) < 4.78 is 0. The molecule has 1 N–H and O–H groups in total. The topological polar surface area (TPSA) is 35.6 Å². The molecule has 100 valence electrons. The molecule has 0 aliphatic carbocycles. The Morgan fingerprint density at radius 1 is 1.53 bits per heavy atom. The molecule has 1 rings (SSSR count). The van der Waals surface area contributed by atoms with Crippen molar-refractivity contribution in [1.82, 2.24) is 15.1 Å². The summed E-state index contributed by atoms with van der Waals surface area (Å²) in [7, 11) is 3.67. The summed E-state index contributed by atoms with van der Waals surface area (Å²) in [5.74, 6) is 2.60. The van der Waals surface area contributed by atoms with E-state index in [9.17, 15) is 4.79 Å². The Kier molecular flexibility index (Phi) is 6.92. The third-order valence-electron chi connectivity index (χ3n) is 3.02. The molecule has 0 saturated carbocycles. The van der Waals surface area contributed by atoms with Gasteiger partial charge in [-0.3, -0.25) is 9.69 Å². The highest BCUT2D eigenvalue weighted by Crippen LogP contribution is 2.09. The fourth-order valence-corrected chi connectivity index (χ4v) is 2.69. The van der Waals surface area contributed by atoms with Crippen LogP contribution in [0.15, 0.2) is 0 Å². The largest absolute Gasteiger partial charge is 0.347 e. The molecule has 1 unspecified atom stereocenters. The SMILES string of the molecule is CCSCCCN1CCNCC1C(=O)N(C)C. The van der Waals surface area contributed by atoms with Gasteiger partial charge < -0.3 is 10.2 Å². The molecule has 1 fully saturated rings. The van der Waals surface area contributed by atoms with E-state index in [4.69, 9.17) is 0 Å². The fraction of sp³-hybridized carbons (Fsp3) is 0.917. The molecule has 0 radical (unpaired) electrons. The van der Waals surface area contributed by atoms with Crippen LogP contribution >= 0.6 is 11.8 Å². The molecule has 1 heterocycles. The van der Waals surface area contributed by atoms with Crippen molar-refractivity contribution in [2.45, 2.75) is 19.4 Å². The molecule has 0 bridgehead atoms. The molecular formula is C12H25N3OS. The van der Waals surface area contributed by atoms with Gasteiger partial charge in [0, 0.05) is 33.7 Å². The number of amides is 1. The van der Waals surface area contributed by atoms with Crippen molar-refractivity contribution in [3.05, 3.63) is 0 Å². The van der Waals surface area contributed by atoms with Gasteiger partial charge in [-0.1, -0.05) is 6.92 Å². The fourth-order valence-electron chi connectivity index (χ4n) is 2.07. The quantitative estimate of drug-likeness (QED) is 0.704. The van der Waals surface area contributed by atoms with Gasteiger partial charge in [-0.15, -0.1) is 0 Å². The molecule has 1 amide bonds. The highest BCUT2D eigenvalue weighted by molar-refractivity contribution is 7.99. The Hall–Kier alpha value is -0.260. The van der Waals surface area contributed by atoms with Crippen molar-refractivity contribution in [1.29, 1.82) is 0 Å². The van der Waals surface area contributed by atoms with E-state index in [1.807, 2.05) is 25.9 Å². The van der Waals surface area contributed by atoms with Crippen molar-refractivity contribution in [3.63, 3.8) is 0 Å². The van der Waals surface area contributed by atoms with Crippen LogP contribution in [0.4, 0.5) is 0 Å². The second-order valence-electron chi connectivity index (χ2n) is 4.54. The average Bonchev–Trinajstić information content (AvgIpc) is 2.34. The van der Waals surface area contributed by atoms with Crippen LogP contribution in [0.2, 0.25) is 0 Å². The molecule has 1 aliphatic heterocycles. The number of hydrogen-bond acceptors (Lipinski definition) is 4. The van der Waals surface area contributed by atoms with Gasteiger partial charge in [-0.2, -0.15) is 11.8 Å². The van der Waals surface area contributed by atoms with Crippen molar-refractivity contribution < 1.29 is 4.79 Å². The van der Waals surface area contributed by atoms with Crippen LogP contribution < -0.4 is 5.32 Å². The van der Waals surface area contributed by atoms with Crippen LogP contribution in [-0.2, 0) is 4.79 Å². The lowest BCUT2D eigenvalue weighted by Gasteiger charge is -2.36. The van der Waals surface area contributed by atoms with E-state index in [0.29, 0.717) is 0 Å². The summed E-state index contributed by atoms with van der Waals surface area (Å²) in [5.41, 5.74) is 0. The molecule has 0 aromatic carbocycles. The Labute approximate surface area is 109 Å². The van der Waals surface area contributed by atoms with Gasteiger partial charge in [-0.25, -0.2) is 0 Å². The zero-order valence-corrected chi connectivity index (χ0v) is 12.1. The molecule has 4 nitrogen and oxygen atoms in total. The number of piperazine rings is 1. The monoisotopic (exact) mass is 259 g/mol. The van der Waals surface area contributed by atoms with Crippen molar-refractivity contribution in [3.8, 4) is 0 Å². The van der Waals surface area contributed by atoms with E-state index in [1.54, 1.807) is 4.90 Å². The summed E-state index contributed by atoms with van der Waals surface area (Å²) in [6.45, 7) is 6.00. The Morgan fingerprint density at radius 2 is 2.29 bits per heavy atom. The number of hydrogen-bond donors (Lipinski definition) is 1. The van der Waals surface area contributed by atoms with Crippen LogP contribution in [0.1, 0.15) is 13.3 Å². The van der Waals surface area contributed by atoms with Crippen LogP contribution in [0, 0.1) is 0 Å². The molecule has 0 aromatic rings. The molecular weight excluding hydrogens is 234 g/mol. The normalized spacial score (nSPS) is 21.5. The van der Waals surface area contributed by atoms with Crippen molar-refractivity contribution in [2.24, 2.45) is 0 Å². The number of carbonyl (C=O) groups excluding carboxylic acids is 1. The standard InChI is InChI=1S/C12H25N3OS/c1-4-17-9-5-7-15-8-6-13-10-11(15)12(16)14(2)3/h11,13H,4-10H2,1-3H3. The number of nitrogens with one attached hydrogen (secondary N) is 1. The molecule has 0 aromatic heterocycles. The lowest BCUT2D eigenvalue weighted by molar-refractivity contribution is -0.135. The number of nitrogens with zero attached hydrogens (tertiary/aromatic N) is 2. The lowest BCUT2D eigenvalue weighted by atomic mass is 10.1. The van der Waals surface area contributed by atoms with E-state index in [-0.39, 0.29) is 11.9 Å².